The number of anilines is 1. The average Bonchev–Trinajstić information content (AvgIpc) is 2.61. The Hall–Kier alpha value is -2.23. The number of hydrogen-bond donors (Lipinski definition) is 1. The molecule has 0 aliphatic carbocycles. The van der Waals surface area contributed by atoms with Gasteiger partial charge < -0.3 is 14.8 Å². The molecule has 1 fully saturated rings. The number of carbonyl (C=O) groups excluding carboxylic acids is 2. The van der Waals surface area contributed by atoms with Crippen LogP contribution < -0.4 is 5.32 Å². The summed E-state index contributed by atoms with van der Waals surface area (Å²) in [7, 11) is -3.58. The highest BCUT2D eigenvalue weighted by atomic mass is 32.2. The lowest BCUT2D eigenvalue weighted by Gasteiger charge is -2.26. The number of esters is 1. The van der Waals surface area contributed by atoms with Gasteiger partial charge in [-0.25, -0.2) is 13.2 Å². The number of nitrogens with one attached hydrogen (secondary N) is 1. The molecule has 1 heterocycles. The lowest BCUT2D eigenvalue weighted by molar-refractivity contribution is -0.142. The first kappa shape index (κ1) is 20.1. The number of carbonyl (C=O) groups is 2. The molecule has 1 amide bonds. The minimum atomic E-state index is -3.58. The van der Waals surface area contributed by atoms with Crippen LogP contribution >= 0.6 is 0 Å². The summed E-state index contributed by atoms with van der Waals surface area (Å²) in [6.45, 7) is 4.45. The molecule has 9 heteroatoms. The maximum atomic E-state index is 12.5. The first-order valence-electron chi connectivity index (χ1n) is 8.08. The summed E-state index contributed by atoms with van der Waals surface area (Å²) in [5, 5.41) is 2.54. The predicted molar refractivity (Wildman–Crippen MR) is 95.0 cm³/mol. The van der Waals surface area contributed by atoms with Crippen LogP contribution in [0.25, 0.3) is 0 Å². The van der Waals surface area contributed by atoms with E-state index in [2.05, 4.69) is 5.32 Å². The highest BCUT2D eigenvalue weighted by Crippen LogP contribution is 2.19. The van der Waals surface area contributed by atoms with Crippen LogP contribution in [0.2, 0.25) is 0 Å². The second-order valence-electron chi connectivity index (χ2n) is 5.92. The first-order valence-corrected chi connectivity index (χ1v) is 9.52. The molecule has 0 unspecified atom stereocenters. The summed E-state index contributed by atoms with van der Waals surface area (Å²) >= 11 is 0. The quantitative estimate of drug-likeness (QED) is 0.585. The Kier molecular flexibility index (Phi) is 6.90. The molecule has 0 atom stereocenters. The third kappa shape index (κ3) is 5.65. The molecule has 0 radical (unpaired) electrons. The number of amides is 1. The molecule has 0 spiro atoms. The van der Waals surface area contributed by atoms with Gasteiger partial charge in [0.25, 0.3) is 5.91 Å². The van der Waals surface area contributed by atoms with Gasteiger partial charge in [0, 0.05) is 24.9 Å². The molecule has 1 aromatic carbocycles. The van der Waals surface area contributed by atoms with Crippen molar-refractivity contribution in [2.75, 3.05) is 38.2 Å². The Balaban J connectivity index is 1.93. The SMILES string of the molecule is CC(C)=CC(=O)OCC(=O)Nc1ccc(S(=O)(=O)N2CCOCC2)cc1. The second-order valence-corrected chi connectivity index (χ2v) is 7.86. The monoisotopic (exact) mass is 382 g/mol. The lowest BCUT2D eigenvalue weighted by atomic mass is 10.3. The highest BCUT2D eigenvalue weighted by molar-refractivity contribution is 7.89. The molecule has 2 rings (SSSR count). The van der Waals surface area contributed by atoms with Gasteiger partial charge in [-0.15, -0.1) is 0 Å². The number of nitrogens with zero attached hydrogens (tertiary/aromatic N) is 1. The molecule has 1 aliphatic rings. The number of allylic oxidation sites excluding steroid dienone is 1. The maximum absolute atomic E-state index is 12.5. The molecule has 0 aromatic heterocycles. The predicted octanol–water partition coefficient (Wildman–Crippen LogP) is 1.16. The van der Waals surface area contributed by atoms with E-state index in [0.717, 1.165) is 5.57 Å². The van der Waals surface area contributed by atoms with Gasteiger partial charge in [0.15, 0.2) is 6.61 Å². The molecule has 8 nitrogen and oxygen atoms in total. The topological polar surface area (TPSA) is 102 Å². The molecular weight excluding hydrogens is 360 g/mol. The fraction of sp³-hybridized carbons (Fsp3) is 0.412. The van der Waals surface area contributed by atoms with Crippen molar-refractivity contribution in [2.45, 2.75) is 18.7 Å². The number of morpholine rings is 1. The first-order chi connectivity index (χ1) is 12.3. The number of rotatable bonds is 6. The Morgan fingerprint density at radius 2 is 1.81 bits per heavy atom. The third-order valence-electron chi connectivity index (χ3n) is 3.50. The van der Waals surface area contributed by atoms with Crippen LogP contribution in [0, 0.1) is 0 Å². The standard InChI is InChI=1S/C17H22N2O6S/c1-13(2)11-17(21)25-12-16(20)18-14-3-5-15(6-4-14)26(22,23)19-7-9-24-10-8-19/h3-6,11H,7-10,12H2,1-2H3,(H,18,20). The summed E-state index contributed by atoms with van der Waals surface area (Å²) < 4.78 is 36.3. The molecule has 26 heavy (non-hydrogen) atoms. The van der Waals surface area contributed by atoms with E-state index in [9.17, 15) is 18.0 Å². The van der Waals surface area contributed by atoms with Crippen LogP contribution in [-0.4, -0.2) is 57.5 Å². The van der Waals surface area contributed by atoms with Gasteiger partial charge >= 0.3 is 5.97 Å². The molecule has 142 valence electrons. The number of benzene rings is 1. The van der Waals surface area contributed by atoms with Crippen LogP contribution in [0.4, 0.5) is 5.69 Å². The van der Waals surface area contributed by atoms with E-state index in [0.29, 0.717) is 32.0 Å². The van der Waals surface area contributed by atoms with E-state index < -0.39 is 28.5 Å². The molecular formula is C17H22N2O6S. The zero-order valence-corrected chi connectivity index (χ0v) is 15.5. The number of hydrogen-bond acceptors (Lipinski definition) is 6. The normalized spacial score (nSPS) is 15.2. The van der Waals surface area contributed by atoms with Crippen molar-refractivity contribution >= 4 is 27.6 Å². The van der Waals surface area contributed by atoms with Crippen LogP contribution in [-0.2, 0) is 29.1 Å². The van der Waals surface area contributed by atoms with Crippen LogP contribution in [0.1, 0.15) is 13.8 Å². The molecule has 1 saturated heterocycles. The van der Waals surface area contributed by atoms with Crippen LogP contribution in [0.5, 0.6) is 0 Å². The highest BCUT2D eigenvalue weighted by Gasteiger charge is 2.26. The summed E-state index contributed by atoms with van der Waals surface area (Å²) in [5.74, 6) is -1.10. The summed E-state index contributed by atoms with van der Waals surface area (Å²) in [6.07, 6.45) is 1.29. The Labute approximate surface area is 152 Å². The van der Waals surface area contributed by atoms with Gasteiger partial charge in [0.1, 0.15) is 0 Å². The second kappa shape index (κ2) is 8.93. The summed E-state index contributed by atoms with van der Waals surface area (Å²) in [6, 6.07) is 5.83. The molecule has 1 N–H and O–H groups in total. The minimum absolute atomic E-state index is 0.146. The molecule has 0 bridgehead atoms. The lowest BCUT2D eigenvalue weighted by Crippen LogP contribution is -2.40. The van der Waals surface area contributed by atoms with Gasteiger partial charge in [-0.3, -0.25) is 4.79 Å². The van der Waals surface area contributed by atoms with Gasteiger partial charge in [-0.05, 0) is 38.1 Å². The van der Waals surface area contributed by atoms with Crippen molar-refractivity contribution in [2.24, 2.45) is 0 Å². The number of ether oxygens (including phenoxy) is 2. The molecule has 0 saturated carbocycles. The van der Waals surface area contributed by atoms with E-state index >= 15 is 0 Å². The largest absolute Gasteiger partial charge is 0.452 e. The third-order valence-corrected chi connectivity index (χ3v) is 5.41. The average molecular weight is 382 g/mol. The van der Waals surface area contributed by atoms with Crippen molar-refractivity contribution in [1.29, 1.82) is 0 Å². The Morgan fingerprint density at radius 1 is 1.19 bits per heavy atom. The Morgan fingerprint density at radius 3 is 2.38 bits per heavy atom. The number of sulfonamides is 1. The smallest absolute Gasteiger partial charge is 0.331 e. The van der Waals surface area contributed by atoms with E-state index in [4.69, 9.17) is 9.47 Å². The maximum Gasteiger partial charge on any atom is 0.331 e. The van der Waals surface area contributed by atoms with Gasteiger partial charge in [0.2, 0.25) is 10.0 Å². The van der Waals surface area contributed by atoms with Crippen molar-refractivity contribution in [3.63, 3.8) is 0 Å². The molecule has 1 aliphatic heterocycles. The summed E-state index contributed by atoms with van der Waals surface area (Å²) in [5.41, 5.74) is 1.18. The minimum Gasteiger partial charge on any atom is -0.452 e. The summed E-state index contributed by atoms with van der Waals surface area (Å²) in [4.78, 5) is 23.3. The van der Waals surface area contributed by atoms with Gasteiger partial charge in [-0.2, -0.15) is 4.31 Å². The van der Waals surface area contributed by atoms with Gasteiger partial charge in [0.05, 0.1) is 18.1 Å². The van der Waals surface area contributed by atoms with Crippen molar-refractivity contribution in [3.05, 3.63) is 35.9 Å². The zero-order valence-electron chi connectivity index (χ0n) is 14.7. The molecule has 1 aromatic rings. The van der Waals surface area contributed by atoms with E-state index in [-0.39, 0.29) is 4.90 Å². The fourth-order valence-corrected chi connectivity index (χ4v) is 3.67. The van der Waals surface area contributed by atoms with Crippen molar-refractivity contribution < 1.29 is 27.5 Å². The fourth-order valence-electron chi connectivity index (χ4n) is 2.26. The van der Waals surface area contributed by atoms with Gasteiger partial charge in [-0.1, -0.05) is 5.57 Å². The van der Waals surface area contributed by atoms with Crippen LogP contribution in [0.15, 0.2) is 40.8 Å². The Bertz CT molecular complexity index is 776. The van der Waals surface area contributed by atoms with Crippen molar-refractivity contribution in [3.8, 4) is 0 Å². The van der Waals surface area contributed by atoms with E-state index in [1.54, 1.807) is 13.8 Å². The van der Waals surface area contributed by atoms with Crippen LogP contribution in [0.3, 0.4) is 0 Å². The van der Waals surface area contributed by atoms with E-state index in [1.165, 1.54) is 34.6 Å². The zero-order chi connectivity index (χ0) is 19.2. The van der Waals surface area contributed by atoms with E-state index in [1.807, 2.05) is 0 Å². The van der Waals surface area contributed by atoms with Crippen molar-refractivity contribution in [1.82, 2.24) is 4.31 Å².